The summed E-state index contributed by atoms with van der Waals surface area (Å²) in [6, 6.07) is -0.620. The number of aromatic amines is 1. The maximum absolute atomic E-state index is 13.6. The minimum atomic E-state index is -5.17. The van der Waals surface area contributed by atoms with Gasteiger partial charge in [0.05, 0.1) is 12.0 Å². The monoisotopic (exact) mass is 482 g/mol. The third kappa shape index (κ3) is 3.77. The molecule has 180 valence electrons. The van der Waals surface area contributed by atoms with Crippen molar-refractivity contribution >= 4 is 23.7 Å². The highest BCUT2D eigenvalue weighted by atomic mass is 19.4. The molecule has 16 heteroatoms. The lowest BCUT2D eigenvalue weighted by molar-refractivity contribution is -0.267. The Kier molecular flexibility index (Phi) is 5.10. The van der Waals surface area contributed by atoms with E-state index < -0.39 is 71.0 Å². The van der Waals surface area contributed by atoms with E-state index >= 15 is 0 Å². The second-order valence-electron chi connectivity index (χ2n) is 7.66. The number of piperidine rings is 1. The van der Waals surface area contributed by atoms with Gasteiger partial charge in [0.15, 0.2) is 22.9 Å². The standard InChI is InChI=1S/C17H15F6N5O5/c18-16(19,20)11-10(13(30)31)33-14(25-11)28-3-1-6(2-4-28)9-8-12(27-26-9)24-7(29)5-15(8,32)17(21,22)23/h6,32H,1-5H2,(H,30,31)(H2,24,26,27,29)/p-1. The molecule has 2 aliphatic heterocycles. The Balaban J connectivity index is 1.58. The first-order valence-electron chi connectivity index (χ1n) is 9.44. The van der Waals surface area contributed by atoms with Gasteiger partial charge < -0.3 is 29.6 Å². The Morgan fingerprint density at radius 2 is 1.85 bits per heavy atom. The number of anilines is 2. The molecule has 0 bridgehead atoms. The second-order valence-corrected chi connectivity index (χ2v) is 7.66. The lowest BCUT2D eigenvalue weighted by atomic mass is 9.81. The predicted molar refractivity (Wildman–Crippen MR) is 91.8 cm³/mol. The van der Waals surface area contributed by atoms with Crippen LogP contribution >= 0.6 is 0 Å². The van der Waals surface area contributed by atoms with Crippen LogP contribution in [0.3, 0.4) is 0 Å². The van der Waals surface area contributed by atoms with Gasteiger partial charge in [-0.25, -0.2) is 0 Å². The number of carbonyl (C=O) groups excluding carboxylic acids is 2. The average Bonchev–Trinajstić information content (AvgIpc) is 3.32. The molecular weight excluding hydrogens is 468 g/mol. The number of carboxylic acids is 1. The summed E-state index contributed by atoms with van der Waals surface area (Å²) >= 11 is 0. The molecule has 0 aliphatic carbocycles. The third-order valence-corrected chi connectivity index (χ3v) is 5.59. The average molecular weight is 482 g/mol. The summed E-state index contributed by atoms with van der Waals surface area (Å²) < 4.78 is 84.7. The number of carbonyl (C=O) groups is 2. The fourth-order valence-electron chi connectivity index (χ4n) is 4.03. The Morgan fingerprint density at radius 3 is 2.36 bits per heavy atom. The molecule has 1 amide bonds. The van der Waals surface area contributed by atoms with Crippen molar-refractivity contribution in [3.05, 3.63) is 22.7 Å². The number of amides is 1. The highest BCUT2D eigenvalue weighted by Crippen LogP contribution is 2.50. The van der Waals surface area contributed by atoms with E-state index in [1.54, 1.807) is 0 Å². The summed E-state index contributed by atoms with van der Waals surface area (Å²) in [4.78, 5) is 27.0. The number of aromatic carboxylic acids is 1. The number of hydrogen-bond acceptors (Lipinski definition) is 8. The van der Waals surface area contributed by atoms with Crippen molar-refractivity contribution in [3.63, 3.8) is 0 Å². The van der Waals surface area contributed by atoms with Crippen molar-refractivity contribution in [2.24, 2.45) is 0 Å². The zero-order valence-corrected chi connectivity index (χ0v) is 16.3. The molecule has 1 atom stereocenters. The molecule has 0 aromatic carbocycles. The SMILES string of the molecule is O=C1CC(O)(C(F)(F)F)c2c(n[nH]c2C2CCN(c3nc(C(F)(F)F)c(C(=O)[O-])o3)CC2)N1. The van der Waals surface area contributed by atoms with E-state index in [1.165, 1.54) is 4.90 Å². The number of fused-ring (bicyclic) bond motifs is 1. The van der Waals surface area contributed by atoms with E-state index in [1.807, 2.05) is 0 Å². The van der Waals surface area contributed by atoms with Crippen molar-refractivity contribution in [2.75, 3.05) is 23.3 Å². The maximum atomic E-state index is 13.6. The predicted octanol–water partition coefficient (Wildman–Crippen LogP) is 1.26. The van der Waals surface area contributed by atoms with Gasteiger partial charge in [0.2, 0.25) is 5.91 Å². The van der Waals surface area contributed by atoms with Crippen LogP contribution in [0.25, 0.3) is 0 Å². The van der Waals surface area contributed by atoms with Gasteiger partial charge in [0.1, 0.15) is 5.97 Å². The zero-order chi connectivity index (χ0) is 24.3. The van der Waals surface area contributed by atoms with Crippen LogP contribution in [-0.2, 0) is 16.6 Å². The van der Waals surface area contributed by atoms with E-state index in [0.29, 0.717) is 0 Å². The van der Waals surface area contributed by atoms with Gasteiger partial charge in [-0.3, -0.25) is 9.89 Å². The number of aromatic nitrogens is 3. The van der Waals surface area contributed by atoms with Gasteiger partial charge in [-0.2, -0.15) is 36.4 Å². The van der Waals surface area contributed by atoms with E-state index in [-0.39, 0.29) is 31.6 Å². The Labute approximate surface area is 179 Å². The molecule has 2 aromatic rings. The minimum Gasteiger partial charge on any atom is -0.541 e. The number of rotatable bonds is 3. The molecule has 4 heterocycles. The smallest absolute Gasteiger partial charge is 0.437 e. The van der Waals surface area contributed by atoms with Crippen LogP contribution in [0.15, 0.2) is 4.42 Å². The van der Waals surface area contributed by atoms with Crippen molar-refractivity contribution in [1.82, 2.24) is 15.2 Å². The molecule has 0 spiro atoms. The largest absolute Gasteiger partial charge is 0.541 e. The van der Waals surface area contributed by atoms with Gasteiger partial charge in [-0.05, 0) is 12.8 Å². The number of hydrogen-bond donors (Lipinski definition) is 3. The topological polar surface area (TPSA) is 147 Å². The van der Waals surface area contributed by atoms with Crippen molar-refractivity contribution in [3.8, 4) is 0 Å². The third-order valence-electron chi connectivity index (χ3n) is 5.59. The molecule has 1 unspecified atom stereocenters. The van der Waals surface area contributed by atoms with Gasteiger partial charge in [0, 0.05) is 24.7 Å². The fourth-order valence-corrected chi connectivity index (χ4v) is 4.03. The Hall–Kier alpha value is -3.30. The summed E-state index contributed by atoms with van der Waals surface area (Å²) in [5, 5.41) is 29.6. The summed E-state index contributed by atoms with van der Waals surface area (Å²) in [5.41, 5.74) is -5.89. The van der Waals surface area contributed by atoms with Crippen LogP contribution < -0.4 is 15.3 Å². The molecule has 2 aromatic heterocycles. The number of nitrogens with zero attached hydrogens (tertiary/aromatic N) is 3. The highest BCUT2D eigenvalue weighted by molar-refractivity contribution is 5.94. The van der Waals surface area contributed by atoms with Crippen LogP contribution in [0.1, 0.15) is 52.7 Å². The number of carboxylic acid groups (broad SMARTS) is 1. The summed E-state index contributed by atoms with van der Waals surface area (Å²) in [5.74, 6) is -5.84. The van der Waals surface area contributed by atoms with Crippen molar-refractivity contribution in [2.45, 2.75) is 43.1 Å². The number of aliphatic hydroxyl groups is 1. The minimum absolute atomic E-state index is 0.0560. The van der Waals surface area contributed by atoms with Gasteiger partial charge in [-0.15, -0.1) is 0 Å². The second kappa shape index (κ2) is 7.36. The van der Waals surface area contributed by atoms with Gasteiger partial charge >= 0.3 is 12.4 Å². The molecule has 1 fully saturated rings. The van der Waals surface area contributed by atoms with E-state index in [4.69, 9.17) is 4.42 Å². The van der Waals surface area contributed by atoms with Crippen LogP contribution in [0.2, 0.25) is 0 Å². The van der Waals surface area contributed by atoms with Crippen molar-refractivity contribution in [1.29, 1.82) is 0 Å². The first-order valence-corrected chi connectivity index (χ1v) is 9.44. The van der Waals surface area contributed by atoms with Crippen LogP contribution in [0, 0.1) is 0 Å². The first kappa shape index (κ1) is 22.9. The van der Waals surface area contributed by atoms with Gasteiger partial charge in [-0.1, -0.05) is 0 Å². The van der Waals surface area contributed by atoms with Crippen LogP contribution in [0.4, 0.5) is 38.2 Å². The first-order chi connectivity index (χ1) is 15.2. The molecule has 0 saturated carbocycles. The highest BCUT2D eigenvalue weighted by Gasteiger charge is 2.61. The molecular formula is C17H14F6N5O5-. The summed E-state index contributed by atoms with van der Waals surface area (Å²) in [7, 11) is 0. The van der Waals surface area contributed by atoms with Crippen LogP contribution in [-0.4, -0.2) is 51.4 Å². The molecule has 33 heavy (non-hydrogen) atoms. The molecule has 10 nitrogen and oxygen atoms in total. The molecule has 3 N–H and O–H groups in total. The zero-order valence-electron chi connectivity index (χ0n) is 16.3. The molecule has 0 radical (unpaired) electrons. The van der Waals surface area contributed by atoms with Crippen molar-refractivity contribution < 1.29 is 50.6 Å². The summed E-state index contributed by atoms with van der Waals surface area (Å²) in [6.07, 6.45) is -11.4. The number of alkyl halides is 6. The van der Waals surface area contributed by atoms with Crippen LogP contribution in [0.5, 0.6) is 0 Å². The molecule has 1 saturated heterocycles. The maximum Gasteiger partial charge on any atom is 0.437 e. The number of nitrogens with one attached hydrogen (secondary N) is 2. The summed E-state index contributed by atoms with van der Waals surface area (Å²) in [6.45, 7) is -0.112. The van der Waals surface area contributed by atoms with E-state index in [9.17, 15) is 46.1 Å². The van der Waals surface area contributed by atoms with E-state index in [2.05, 4.69) is 20.5 Å². The molecule has 4 rings (SSSR count). The normalized spacial score (nSPS) is 22.3. The fraction of sp³-hybridized carbons (Fsp3) is 0.529. The number of halogens is 6. The Bertz CT molecular complexity index is 1100. The molecule has 2 aliphatic rings. The Morgan fingerprint density at radius 1 is 1.21 bits per heavy atom. The lowest BCUT2D eigenvalue weighted by Gasteiger charge is -2.36. The lowest BCUT2D eigenvalue weighted by Crippen LogP contribution is -2.48. The number of oxazole rings is 1. The van der Waals surface area contributed by atoms with E-state index in [0.717, 1.165) is 0 Å². The quantitative estimate of drug-likeness (QED) is 0.554. The van der Waals surface area contributed by atoms with Gasteiger partial charge in [0.25, 0.3) is 6.01 Å². The number of H-pyrrole nitrogens is 1.